The zero-order valence-electron chi connectivity index (χ0n) is 9.73. The lowest BCUT2D eigenvalue weighted by atomic mass is 10.0. The number of hydrogen-bond donors (Lipinski definition) is 3. The van der Waals surface area contributed by atoms with Gasteiger partial charge in [0, 0.05) is 43.2 Å². The maximum absolute atomic E-state index is 11.7. The molecule has 0 saturated carbocycles. The number of nitrogens with one attached hydrogen (secondary N) is 2. The summed E-state index contributed by atoms with van der Waals surface area (Å²) in [5, 5.41) is 6.51. The Bertz CT molecular complexity index is 507. The van der Waals surface area contributed by atoms with Crippen molar-refractivity contribution in [3.8, 4) is 0 Å². The SMILES string of the molecule is CS(=O)(=O)c1cccc(N)c1C1CNCCN1. The Morgan fingerprint density at radius 3 is 2.71 bits per heavy atom. The van der Waals surface area contributed by atoms with E-state index < -0.39 is 9.84 Å². The Hall–Kier alpha value is -1.11. The number of hydrogen-bond acceptors (Lipinski definition) is 5. The predicted octanol–water partition coefficient (Wildman–Crippen LogP) is -0.0938. The molecule has 0 amide bonds. The smallest absolute Gasteiger partial charge is 0.175 e. The molecule has 1 aliphatic rings. The Morgan fingerprint density at radius 1 is 1.35 bits per heavy atom. The van der Waals surface area contributed by atoms with E-state index in [1.165, 1.54) is 6.26 Å². The Balaban J connectivity index is 2.50. The van der Waals surface area contributed by atoms with Crippen molar-refractivity contribution in [1.82, 2.24) is 10.6 Å². The zero-order chi connectivity index (χ0) is 12.5. The third-order valence-electron chi connectivity index (χ3n) is 2.89. The van der Waals surface area contributed by atoms with Gasteiger partial charge in [-0.2, -0.15) is 0 Å². The molecule has 0 radical (unpaired) electrons. The molecule has 1 aliphatic heterocycles. The van der Waals surface area contributed by atoms with E-state index in [1.807, 2.05) is 0 Å². The molecule has 1 aromatic carbocycles. The van der Waals surface area contributed by atoms with Crippen molar-refractivity contribution in [2.45, 2.75) is 10.9 Å². The van der Waals surface area contributed by atoms with Gasteiger partial charge in [-0.05, 0) is 12.1 Å². The molecule has 1 heterocycles. The summed E-state index contributed by atoms with van der Waals surface area (Å²) in [7, 11) is -3.25. The van der Waals surface area contributed by atoms with Gasteiger partial charge in [-0.3, -0.25) is 0 Å². The number of rotatable bonds is 2. The molecule has 5 nitrogen and oxygen atoms in total. The van der Waals surface area contributed by atoms with E-state index in [9.17, 15) is 8.42 Å². The van der Waals surface area contributed by atoms with Crippen molar-refractivity contribution >= 4 is 15.5 Å². The van der Waals surface area contributed by atoms with Crippen molar-refractivity contribution in [2.24, 2.45) is 0 Å². The van der Waals surface area contributed by atoms with E-state index >= 15 is 0 Å². The van der Waals surface area contributed by atoms with Gasteiger partial charge in [0.05, 0.1) is 4.90 Å². The van der Waals surface area contributed by atoms with Gasteiger partial charge in [-0.25, -0.2) is 8.42 Å². The highest BCUT2D eigenvalue weighted by atomic mass is 32.2. The normalized spacial score (nSPS) is 21.4. The first-order valence-electron chi connectivity index (χ1n) is 5.52. The third-order valence-corrected chi connectivity index (χ3v) is 4.04. The van der Waals surface area contributed by atoms with E-state index in [0.717, 1.165) is 13.1 Å². The van der Waals surface area contributed by atoms with Gasteiger partial charge in [-0.1, -0.05) is 6.07 Å². The highest BCUT2D eigenvalue weighted by Crippen LogP contribution is 2.28. The summed E-state index contributed by atoms with van der Waals surface area (Å²) < 4.78 is 23.5. The molecule has 1 fully saturated rings. The Morgan fingerprint density at radius 2 is 2.12 bits per heavy atom. The van der Waals surface area contributed by atoms with Crippen LogP contribution in [-0.2, 0) is 9.84 Å². The quantitative estimate of drug-likeness (QED) is 0.643. The molecular weight excluding hydrogens is 238 g/mol. The predicted molar refractivity (Wildman–Crippen MR) is 67.6 cm³/mol. The average Bonchev–Trinajstić information content (AvgIpc) is 2.28. The van der Waals surface area contributed by atoms with Crippen LogP contribution in [0, 0.1) is 0 Å². The van der Waals surface area contributed by atoms with E-state index in [0.29, 0.717) is 22.7 Å². The maximum Gasteiger partial charge on any atom is 0.175 e. The Labute approximate surface area is 101 Å². The topological polar surface area (TPSA) is 84.2 Å². The number of benzene rings is 1. The van der Waals surface area contributed by atoms with Crippen molar-refractivity contribution in [3.05, 3.63) is 23.8 Å². The number of sulfone groups is 1. The standard InChI is InChI=1S/C11H17N3O2S/c1-17(15,16)10-4-2-3-8(12)11(10)9-7-13-5-6-14-9/h2-4,9,13-14H,5-7,12H2,1H3. The zero-order valence-corrected chi connectivity index (χ0v) is 10.5. The summed E-state index contributed by atoms with van der Waals surface area (Å²) in [5.74, 6) is 0. The monoisotopic (exact) mass is 255 g/mol. The number of nitrogens with two attached hydrogens (primary N) is 1. The molecule has 1 atom stereocenters. The molecular formula is C11H17N3O2S. The second kappa shape index (κ2) is 4.64. The summed E-state index contributed by atoms with van der Waals surface area (Å²) in [5.41, 5.74) is 7.12. The molecule has 1 saturated heterocycles. The first kappa shape index (κ1) is 12.3. The molecule has 6 heteroatoms. The van der Waals surface area contributed by atoms with Crippen LogP contribution in [0.1, 0.15) is 11.6 Å². The minimum atomic E-state index is -3.25. The minimum absolute atomic E-state index is 0.0466. The van der Waals surface area contributed by atoms with Gasteiger partial charge in [-0.15, -0.1) is 0 Å². The minimum Gasteiger partial charge on any atom is -0.398 e. The van der Waals surface area contributed by atoms with Gasteiger partial charge >= 0.3 is 0 Å². The molecule has 4 N–H and O–H groups in total. The maximum atomic E-state index is 11.7. The average molecular weight is 255 g/mol. The van der Waals surface area contributed by atoms with Gasteiger partial charge < -0.3 is 16.4 Å². The van der Waals surface area contributed by atoms with E-state index in [1.54, 1.807) is 18.2 Å². The summed E-state index contributed by atoms with van der Waals surface area (Å²) in [6.45, 7) is 2.39. The Kier molecular flexibility index (Phi) is 3.37. The molecule has 1 unspecified atom stereocenters. The molecule has 0 aromatic heterocycles. The van der Waals surface area contributed by atoms with Crippen LogP contribution in [0.5, 0.6) is 0 Å². The number of anilines is 1. The van der Waals surface area contributed by atoms with Crippen LogP contribution in [0.2, 0.25) is 0 Å². The highest BCUT2D eigenvalue weighted by molar-refractivity contribution is 7.90. The van der Waals surface area contributed by atoms with Crippen LogP contribution in [-0.4, -0.2) is 34.3 Å². The van der Waals surface area contributed by atoms with Crippen molar-refractivity contribution in [3.63, 3.8) is 0 Å². The fraction of sp³-hybridized carbons (Fsp3) is 0.455. The molecule has 2 rings (SSSR count). The van der Waals surface area contributed by atoms with Crippen LogP contribution in [0.4, 0.5) is 5.69 Å². The summed E-state index contributed by atoms with van der Waals surface area (Å²) >= 11 is 0. The van der Waals surface area contributed by atoms with Crippen LogP contribution in [0.3, 0.4) is 0 Å². The second-order valence-electron chi connectivity index (χ2n) is 4.24. The fourth-order valence-corrected chi connectivity index (χ4v) is 3.10. The van der Waals surface area contributed by atoms with Crippen LogP contribution < -0.4 is 16.4 Å². The fourth-order valence-electron chi connectivity index (χ4n) is 2.11. The lowest BCUT2D eigenvalue weighted by Gasteiger charge is -2.27. The van der Waals surface area contributed by atoms with Crippen LogP contribution in [0.15, 0.2) is 23.1 Å². The molecule has 0 aliphatic carbocycles. The summed E-state index contributed by atoms with van der Waals surface area (Å²) in [6, 6.07) is 4.97. The van der Waals surface area contributed by atoms with Crippen molar-refractivity contribution < 1.29 is 8.42 Å². The van der Waals surface area contributed by atoms with Crippen LogP contribution in [0.25, 0.3) is 0 Å². The van der Waals surface area contributed by atoms with Gasteiger partial charge in [0.25, 0.3) is 0 Å². The second-order valence-corrected chi connectivity index (χ2v) is 6.23. The largest absolute Gasteiger partial charge is 0.398 e. The van der Waals surface area contributed by atoms with Crippen molar-refractivity contribution in [1.29, 1.82) is 0 Å². The lowest BCUT2D eigenvalue weighted by molar-refractivity contribution is 0.426. The summed E-state index contributed by atoms with van der Waals surface area (Å²) in [4.78, 5) is 0.318. The molecule has 17 heavy (non-hydrogen) atoms. The number of piperazine rings is 1. The van der Waals surface area contributed by atoms with Gasteiger partial charge in [0.1, 0.15) is 0 Å². The first-order valence-corrected chi connectivity index (χ1v) is 7.42. The molecule has 0 bridgehead atoms. The third kappa shape index (κ3) is 2.59. The van der Waals surface area contributed by atoms with Crippen molar-refractivity contribution in [2.75, 3.05) is 31.6 Å². The lowest BCUT2D eigenvalue weighted by Crippen LogP contribution is -2.43. The molecule has 1 aromatic rings. The van der Waals surface area contributed by atoms with E-state index in [4.69, 9.17) is 5.73 Å². The summed E-state index contributed by atoms with van der Waals surface area (Å²) in [6.07, 6.45) is 1.21. The van der Waals surface area contributed by atoms with Gasteiger partial charge in [0.2, 0.25) is 0 Å². The van der Waals surface area contributed by atoms with E-state index in [-0.39, 0.29) is 6.04 Å². The van der Waals surface area contributed by atoms with E-state index in [2.05, 4.69) is 10.6 Å². The highest BCUT2D eigenvalue weighted by Gasteiger charge is 2.24. The van der Waals surface area contributed by atoms with Gasteiger partial charge in [0.15, 0.2) is 9.84 Å². The molecule has 94 valence electrons. The van der Waals surface area contributed by atoms with Crippen LogP contribution >= 0.6 is 0 Å². The number of nitrogen functional groups attached to an aromatic ring is 1. The molecule has 0 spiro atoms. The first-order chi connectivity index (χ1) is 8.00.